The Kier molecular flexibility index (Phi) is 4.43. The van der Waals surface area contributed by atoms with Crippen molar-refractivity contribution >= 4 is 11.3 Å². The molecule has 1 unspecified atom stereocenters. The molecule has 1 atom stereocenters. The van der Waals surface area contributed by atoms with E-state index in [1.165, 1.54) is 11.1 Å². The summed E-state index contributed by atoms with van der Waals surface area (Å²) < 4.78 is 0. The van der Waals surface area contributed by atoms with E-state index in [-0.39, 0.29) is 6.04 Å². The van der Waals surface area contributed by atoms with E-state index in [0.29, 0.717) is 0 Å². The second-order valence-electron chi connectivity index (χ2n) is 4.97. The minimum absolute atomic E-state index is 0.259. The minimum Gasteiger partial charge on any atom is -0.311 e. The molecule has 0 aliphatic carbocycles. The first kappa shape index (κ1) is 14.0. The lowest BCUT2D eigenvalue weighted by Crippen LogP contribution is -2.18. The summed E-state index contributed by atoms with van der Waals surface area (Å²) in [5, 5.41) is 6.66. The van der Waals surface area contributed by atoms with Crippen LogP contribution in [-0.4, -0.2) is 12.0 Å². The number of aromatic nitrogens is 1. The van der Waals surface area contributed by atoms with Gasteiger partial charge in [0, 0.05) is 10.9 Å². The van der Waals surface area contributed by atoms with Crippen LogP contribution in [0.25, 0.3) is 11.3 Å². The highest BCUT2D eigenvalue weighted by Crippen LogP contribution is 2.27. The molecule has 0 saturated carbocycles. The molecule has 2 nitrogen and oxygen atoms in total. The monoisotopic (exact) mass is 294 g/mol. The van der Waals surface area contributed by atoms with Crippen LogP contribution in [0.2, 0.25) is 0 Å². The molecular weight excluding hydrogens is 276 g/mol. The molecule has 0 spiro atoms. The molecule has 0 aliphatic heterocycles. The van der Waals surface area contributed by atoms with Crippen molar-refractivity contribution in [3.8, 4) is 11.3 Å². The summed E-state index contributed by atoms with van der Waals surface area (Å²) in [6.07, 6.45) is 0.957. The Morgan fingerprint density at radius 2 is 1.67 bits per heavy atom. The van der Waals surface area contributed by atoms with E-state index in [4.69, 9.17) is 4.98 Å². The number of hydrogen-bond donors (Lipinski definition) is 1. The molecule has 1 N–H and O–H groups in total. The van der Waals surface area contributed by atoms with Crippen LogP contribution in [0.3, 0.4) is 0 Å². The number of nitrogens with one attached hydrogen (secondary N) is 1. The third kappa shape index (κ3) is 3.38. The fourth-order valence-electron chi connectivity index (χ4n) is 2.35. The highest BCUT2D eigenvalue weighted by molar-refractivity contribution is 7.10. The molecule has 0 radical (unpaired) electrons. The summed E-state index contributed by atoms with van der Waals surface area (Å²) in [4.78, 5) is 4.80. The molecule has 3 heteroatoms. The highest BCUT2D eigenvalue weighted by atomic mass is 32.1. The van der Waals surface area contributed by atoms with E-state index in [2.05, 4.69) is 53.2 Å². The van der Waals surface area contributed by atoms with Gasteiger partial charge in [-0.1, -0.05) is 60.7 Å². The molecule has 0 amide bonds. The van der Waals surface area contributed by atoms with Crippen LogP contribution in [0.1, 0.15) is 16.6 Å². The molecule has 0 saturated heterocycles. The van der Waals surface area contributed by atoms with Gasteiger partial charge < -0.3 is 5.32 Å². The molecule has 0 aliphatic rings. The zero-order valence-corrected chi connectivity index (χ0v) is 12.8. The van der Waals surface area contributed by atoms with Gasteiger partial charge in [0.1, 0.15) is 5.01 Å². The van der Waals surface area contributed by atoms with E-state index in [9.17, 15) is 0 Å². The third-order valence-corrected chi connectivity index (χ3v) is 4.48. The average Bonchev–Trinajstić information content (AvgIpc) is 3.04. The molecule has 3 rings (SSSR count). The number of hydrogen-bond acceptors (Lipinski definition) is 3. The van der Waals surface area contributed by atoms with Crippen molar-refractivity contribution < 1.29 is 0 Å². The lowest BCUT2D eigenvalue weighted by molar-refractivity contribution is 0.589. The number of rotatable bonds is 5. The maximum absolute atomic E-state index is 4.80. The first-order valence-corrected chi connectivity index (χ1v) is 7.97. The van der Waals surface area contributed by atoms with Crippen molar-refractivity contribution in [2.24, 2.45) is 0 Å². The van der Waals surface area contributed by atoms with E-state index in [1.54, 1.807) is 11.3 Å². The zero-order valence-electron chi connectivity index (χ0n) is 12.0. The number of likely N-dealkylation sites (N-methyl/N-ethyl adjacent to an activating group) is 1. The van der Waals surface area contributed by atoms with Crippen LogP contribution in [0.5, 0.6) is 0 Å². The standard InChI is InChI=1S/C18H18N2S/c1-19-16(12-14-8-4-2-5-9-14)18-20-17(13-21-18)15-10-6-3-7-11-15/h2-11,13,16,19H,12H2,1H3. The van der Waals surface area contributed by atoms with Crippen molar-refractivity contribution in [1.29, 1.82) is 0 Å². The molecule has 2 aromatic carbocycles. The Hall–Kier alpha value is -1.97. The molecule has 106 valence electrons. The average molecular weight is 294 g/mol. The Labute approximate surface area is 129 Å². The molecule has 3 aromatic rings. The van der Waals surface area contributed by atoms with E-state index >= 15 is 0 Å². The summed E-state index contributed by atoms with van der Waals surface area (Å²) in [5.74, 6) is 0. The normalized spacial score (nSPS) is 12.2. The van der Waals surface area contributed by atoms with Crippen LogP contribution in [0.15, 0.2) is 66.0 Å². The zero-order chi connectivity index (χ0) is 14.5. The number of thiazole rings is 1. The molecule has 21 heavy (non-hydrogen) atoms. The predicted molar refractivity (Wildman–Crippen MR) is 89.5 cm³/mol. The quantitative estimate of drug-likeness (QED) is 0.758. The Morgan fingerprint density at radius 3 is 2.33 bits per heavy atom. The Bertz CT molecular complexity index is 677. The smallest absolute Gasteiger partial charge is 0.111 e. The van der Waals surface area contributed by atoms with Crippen molar-refractivity contribution in [3.63, 3.8) is 0 Å². The fourth-order valence-corrected chi connectivity index (χ4v) is 3.29. The SMILES string of the molecule is CNC(Cc1ccccc1)c1nc(-c2ccccc2)cs1. The Morgan fingerprint density at radius 1 is 1.00 bits per heavy atom. The van der Waals surface area contributed by atoms with Crippen LogP contribution in [0.4, 0.5) is 0 Å². The van der Waals surface area contributed by atoms with Gasteiger partial charge in [0.25, 0.3) is 0 Å². The molecule has 1 aromatic heterocycles. The largest absolute Gasteiger partial charge is 0.311 e. The first-order chi connectivity index (χ1) is 10.4. The lowest BCUT2D eigenvalue weighted by atomic mass is 10.1. The van der Waals surface area contributed by atoms with Gasteiger partial charge in [-0.2, -0.15) is 0 Å². The summed E-state index contributed by atoms with van der Waals surface area (Å²) >= 11 is 1.72. The van der Waals surface area contributed by atoms with Gasteiger partial charge in [-0.25, -0.2) is 4.98 Å². The molecule has 0 fully saturated rings. The van der Waals surface area contributed by atoms with E-state index in [0.717, 1.165) is 17.1 Å². The van der Waals surface area contributed by atoms with Crippen molar-refractivity contribution in [2.45, 2.75) is 12.5 Å². The number of nitrogens with zero attached hydrogens (tertiary/aromatic N) is 1. The molecule has 1 heterocycles. The summed E-state index contributed by atoms with van der Waals surface area (Å²) in [6, 6.07) is 21.1. The maximum Gasteiger partial charge on any atom is 0.111 e. The molecule has 0 bridgehead atoms. The van der Waals surface area contributed by atoms with Gasteiger partial charge >= 0.3 is 0 Å². The van der Waals surface area contributed by atoms with Crippen LogP contribution in [-0.2, 0) is 6.42 Å². The fraction of sp³-hybridized carbons (Fsp3) is 0.167. The molecular formula is C18H18N2S. The van der Waals surface area contributed by atoms with Crippen molar-refractivity contribution in [3.05, 3.63) is 76.6 Å². The Balaban J connectivity index is 1.81. The van der Waals surface area contributed by atoms with Gasteiger partial charge in [0.05, 0.1) is 11.7 Å². The van der Waals surface area contributed by atoms with Crippen LogP contribution >= 0.6 is 11.3 Å². The van der Waals surface area contributed by atoms with Gasteiger partial charge in [-0.3, -0.25) is 0 Å². The highest BCUT2D eigenvalue weighted by Gasteiger charge is 2.14. The van der Waals surface area contributed by atoms with Crippen molar-refractivity contribution in [1.82, 2.24) is 10.3 Å². The second kappa shape index (κ2) is 6.66. The maximum atomic E-state index is 4.80. The van der Waals surface area contributed by atoms with Crippen LogP contribution in [0, 0.1) is 0 Å². The van der Waals surface area contributed by atoms with Crippen LogP contribution < -0.4 is 5.32 Å². The van der Waals surface area contributed by atoms with Gasteiger partial charge in [0.15, 0.2) is 0 Å². The van der Waals surface area contributed by atoms with Crippen molar-refractivity contribution in [2.75, 3.05) is 7.05 Å². The third-order valence-electron chi connectivity index (χ3n) is 3.52. The predicted octanol–water partition coefficient (Wildman–Crippen LogP) is 4.31. The first-order valence-electron chi connectivity index (χ1n) is 7.09. The minimum atomic E-state index is 0.259. The van der Waals surface area contributed by atoms with E-state index in [1.807, 2.05) is 25.2 Å². The summed E-state index contributed by atoms with van der Waals surface area (Å²) in [6.45, 7) is 0. The summed E-state index contributed by atoms with van der Waals surface area (Å²) in [7, 11) is 2.00. The second-order valence-corrected chi connectivity index (χ2v) is 5.86. The van der Waals surface area contributed by atoms with Gasteiger partial charge in [-0.15, -0.1) is 11.3 Å². The number of benzene rings is 2. The van der Waals surface area contributed by atoms with Gasteiger partial charge in [0.2, 0.25) is 0 Å². The lowest BCUT2D eigenvalue weighted by Gasteiger charge is -2.13. The van der Waals surface area contributed by atoms with E-state index < -0.39 is 0 Å². The van der Waals surface area contributed by atoms with Gasteiger partial charge in [-0.05, 0) is 19.0 Å². The summed E-state index contributed by atoms with van der Waals surface area (Å²) in [5.41, 5.74) is 3.56. The topological polar surface area (TPSA) is 24.9 Å².